The van der Waals surface area contributed by atoms with Gasteiger partial charge in [-0.15, -0.1) is 11.8 Å². The van der Waals surface area contributed by atoms with E-state index < -0.39 is 6.04 Å². The zero-order chi connectivity index (χ0) is 23.8. The summed E-state index contributed by atoms with van der Waals surface area (Å²) in [7, 11) is 0. The number of amides is 2. The van der Waals surface area contributed by atoms with Crippen LogP contribution in [0.1, 0.15) is 55.7 Å². The van der Waals surface area contributed by atoms with Gasteiger partial charge in [-0.2, -0.15) is 0 Å². The summed E-state index contributed by atoms with van der Waals surface area (Å²) in [6.07, 6.45) is 5.57. The van der Waals surface area contributed by atoms with Crippen molar-refractivity contribution in [2.75, 3.05) is 5.75 Å². The van der Waals surface area contributed by atoms with Gasteiger partial charge in [0.25, 0.3) is 0 Å². The Balaban J connectivity index is 1.65. The van der Waals surface area contributed by atoms with Crippen molar-refractivity contribution in [2.24, 2.45) is 0 Å². The fourth-order valence-electron chi connectivity index (χ4n) is 4.01. The standard InChI is InChI=1S/C26H32Cl2N2O2S/c1-18-8-10-20(11-9-18)15-30(19(2)26(32)29-22-6-4-3-5-7-22)25(31)17-33-16-21-12-13-23(27)24(28)14-21/h8-14,19,22H,3-7,15-17H2,1-2H3,(H,29,32)/t19-/m0/s1. The smallest absolute Gasteiger partial charge is 0.242 e. The molecule has 3 rings (SSSR count). The van der Waals surface area contributed by atoms with Gasteiger partial charge >= 0.3 is 0 Å². The van der Waals surface area contributed by atoms with Crippen molar-refractivity contribution in [3.8, 4) is 0 Å². The lowest BCUT2D eigenvalue weighted by Gasteiger charge is -2.31. The number of hydrogen-bond donors (Lipinski definition) is 1. The molecule has 1 atom stereocenters. The predicted molar refractivity (Wildman–Crippen MR) is 139 cm³/mol. The zero-order valence-corrected chi connectivity index (χ0v) is 21.6. The number of rotatable bonds is 9. The summed E-state index contributed by atoms with van der Waals surface area (Å²) in [4.78, 5) is 28.0. The average Bonchev–Trinajstić information content (AvgIpc) is 2.81. The van der Waals surface area contributed by atoms with Crippen molar-refractivity contribution in [2.45, 2.75) is 70.3 Å². The van der Waals surface area contributed by atoms with Gasteiger partial charge in [-0.3, -0.25) is 9.59 Å². The fraction of sp³-hybridized carbons (Fsp3) is 0.462. The van der Waals surface area contributed by atoms with E-state index in [1.54, 1.807) is 11.0 Å². The topological polar surface area (TPSA) is 49.4 Å². The minimum absolute atomic E-state index is 0.0491. The molecule has 0 aromatic heterocycles. The number of carbonyl (C=O) groups excluding carboxylic acids is 2. The number of halogens is 2. The highest BCUT2D eigenvalue weighted by molar-refractivity contribution is 7.99. The summed E-state index contributed by atoms with van der Waals surface area (Å²) in [5.41, 5.74) is 3.19. The van der Waals surface area contributed by atoms with Crippen LogP contribution in [0.4, 0.5) is 0 Å². The molecule has 7 heteroatoms. The highest BCUT2D eigenvalue weighted by atomic mass is 35.5. The van der Waals surface area contributed by atoms with E-state index in [2.05, 4.69) is 5.32 Å². The van der Waals surface area contributed by atoms with Crippen LogP contribution in [0.3, 0.4) is 0 Å². The molecular formula is C26H32Cl2N2O2S. The van der Waals surface area contributed by atoms with Crippen molar-refractivity contribution >= 4 is 46.8 Å². The summed E-state index contributed by atoms with van der Waals surface area (Å²) in [6.45, 7) is 4.27. The molecule has 0 aliphatic heterocycles. The van der Waals surface area contributed by atoms with Gasteiger partial charge in [-0.05, 0) is 49.9 Å². The number of hydrogen-bond acceptors (Lipinski definition) is 3. The van der Waals surface area contributed by atoms with Crippen molar-refractivity contribution in [3.05, 3.63) is 69.2 Å². The molecule has 0 bridgehead atoms. The van der Waals surface area contributed by atoms with Crippen LogP contribution in [0.25, 0.3) is 0 Å². The average molecular weight is 508 g/mol. The van der Waals surface area contributed by atoms with Crippen LogP contribution in [-0.2, 0) is 21.9 Å². The molecule has 2 aromatic carbocycles. The molecular weight excluding hydrogens is 475 g/mol. The van der Waals surface area contributed by atoms with Gasteiger partial charge in [0, 0.05) is 18.3 Å². The van der Waals surface area contributed by atoms with E-state index >= 15 is 0 Å². The highest BCUT2D eigenvalue weighted by Crippen LogP contribution is 2.25. The molecule has 0 radical (unpaired) electrons. The normalized spacial score (nSPS) is 15.2. The van der Waals surface area contributed by atoms with E-state index in [0.717, 1.165) is 42.4 Å². The molecule has 0 unspecified atom stereocenters. The van der Waals surface area contributed by atoms with E-state index in [1.807, 2.05) is 50.2 Å². The lowest BCUT2D eigenvalue weighted by molar-refractivity contribution is -0.139. The van der Waals surface area contributed by atoms with Crippen LogP contribution in [0.5, 0.6) is 0 Å². The predicted octanol–water partition coefficient (Wildman–Crippen LogP) is 6.40. The minimum Gasteiger partial charge on any atom is -0.352 e. The monoisotopic (exact) mass is 506 g/mol. The van der Waals surface area contributed by atoms with Gasteiger partial charge < -0.3 is 10.2 Å². The van der Waals surface area contributed by atoms with Gasteiger partial charge in [0.05, 0.1) is 15.8 Å². The van der Waals surface area contributed by atoms with E-state index in [1.165, 1.54) is 18.2 Å². The molecule has 178 valence electrons. The van der Waals surface area contributed by atoms with Crippen molar-refractivity contribution in [3.63, 3.8) is 0 Å². The number of benzene rings is 2. The van der Waals surface area contributed by atoms with Crippen molar-refractivity contribution in [1.29, 1.82) is 0 Å². The fourth-order valence-corrected chi connectivity index (χ4v) is 5.19. The van der Waals surface area contributed by atoms with Gasteiger partial charge in [0.1, 0.15) is 6.04 Å². The van der Waals surface area contributed by atoms with Crippen LogP contribution in [0, 0.1) is 6.92 Å². The molecule has 1 N–H and O–H groups in total. The maximum atomic E-state index is 13.2. The quantitative estimate of drug-likeness (QED) is 0.427. The first-order valence-electron chi connectivity index (χ1n) is 11.5. The summed E-state index contributed by atoms with van der Waals surface area (Å²) >= 11 is 13.6. The third kappa shape index (κ3) is 7.94. The first-order chi connectivity index (χ1) is 15.8. The molecule has 2 aromatic rings. The molecule has 1 saturated carbocycles. The van der Waals surface area contributed by atoms with Gasteiger partial charge in [-0.25, -0.2) is 0 Å². The molecule has 1 aliphatic rings. The number of nitrogens with zero attached hydrogens (tertiary/aromatic N) is 1. The molecule has 33 heavy (non-hydrogen) atoms. The Bertz CT molecular complexity index is 946. The van der Waals surface area contributed by atoms with Gasteiger partial charge in [0.15, 0.2) is 0 Å². The summed E-state index contributed by atoms with van der Waals surface area (Å²) in [5, 5.41) is 4.20. The largest absolute Gasteiger partial charge is 0.352 e. The van der Waals surface area contributed by atoms with Crippen LogP contribution in [0.15, 0.2) is 42.5 Å². The van der Waals surface area contributed by atoms with E-state index in [4.69, 9.17) is 23.2 Å². The number of carbonyl (C=O) groups is 2. The molecule has 1 aliphatic carbocycles. The lowest BCUT2D eigenvalue weighted by atomic mass is 9.95. The first kappa shape index (κ1) is 25.9. The van der Waals surface area contributed by atoms with Crippen LogP contribution in [0.2, 0.25) is 10.0 Å². The van der Waals surface area contributed by atoms with Crippen LogP contribution in [-0.4, -0.2) is 34.6 Å². The first-order valence-corrected chi connectivity index (χ1v) is 13.4. The van der Waals surface area contributed by atoms with E-state index in [-0.39, 0.29) is 23.6 Å². The summed E-state index contributed by atoms with van der Waals surface area (Å²) in [6, 6.07) is 13.3. The lowest BCUT2D eigenvalue weighted by Crippen LogP contribution is -2.50. The summed E-state index contributed by atoms with van der Waals surface area (Å²) < 4.78 is 0. The molecule has 2 amide bonds. The Morgan fingerprint density at radius 1 is 1.03 bits per heavy atom. The second-order valence-electron chi connectivity index (χ2n) is 8.77. The number of thioether (sulfide) groups is 1. The van der Waals surface area contributed by atoms with Crippen molar-refractivity contribution < 1.29 is 9.59 Å². The second-order valence-corrected chi connectivity index (χ2v) is 10.6. The molecule has 0 heterocycles. The zero-order valence-electron chi connectivity index (χ0n) is 19.3. The van der Waals surface area contributed by atoms with Crippen molar-refractivity contribution in [1.82, 2.24) is 10.2 Å². The third-order valence-corrected chi connectivity index (χ3v) is 7.80. The van der Waals surface area contributed by atoms with Gasteiger partial charge in [0.2, 0.25) is 11.8 Å². The second kappa shape index (κ2) is 12.7. The Kier molecular flexibility index (Phi) is 9.96. The number of aryl methyl sites for hydroxylation is 1. The maximum absolute atomic E-state index is 13.2. The van der Waals surface area contributed by atoms with Crippen LogP contribution >= 0.6 is 35.0 Å². The molecule has 0 saturated heterocycles. The van der Waals surface area contributed by atoms with Gasteiger partial charge in [-0.1, -0.05) is 78.4 Å². The highest BCUT2D eigenvalue weighted by Gasteiger charge is 2.28. The Labute approximate surface area is 211 Å². The minimum atomic E-state index is -0.536. The SMILES string of the molecule is Cc1ccc(CN(C(=O)CSCc2ccc(Cl)c(Cl)c2)[C@@H](C)C(=O)NC2CCCCC2)cc1. The van der Waals surface area contributed by atoms with E-state index in [9.17, 15) is 9.59 Å². The third-order valence-electron chi connectivity index (χ3n) is 6.07. The van der Waals surface area contributed by atoms with E-state index in [0.29, 0.717) is 22.3 Å². The van der Waals surface area contributed by atoms with Crippen LogP contribution < -0.4 is 5.32 Å². The molecule has 4 nitrogen and oxygen atoms in total. The Morgan fingerprint density at radius 2 is 1.70 bits per heavy atom. The molecule has 1 fully saturated rings. The number of nitrogens with one attached hydrogen (secondary N) is 1. The summed E-state index contributed by atoms with van der Waals surface area (Å²) in [5.74, 6) is 0.806. The maximum Gasteiger partial charge on any atom is 0.242 e. The Hall–Kier alpha value is -1.69. The molecule has 0 spiro atoms. The Morgan fingerprint density at radius 3 is 2.36 bits per heavy atom.